The highest BCUT2D eigenvalue weighted by atomic mass is 35.5. The number of rotatable bonds is 5. The molecule has 1 atom stereocenters. The van der Waals surface area contributed by atoms with Gasteiger partial charge < -0.3 is 10.1 Å². The van der Waals surface area contributed by atoms with E-state index in [2.05, 4.69) is 41.4 Å². The zero-order chi connectivity index (χ0) is 20.1. The molecule has 1 aliphatic heterocycles. The number of hydrogen-bond donors (Lipinski definition) is 1. The third-order valence-corrected chi connectivity index (χ3v) is 5.37. The van der Waals surface area contributed by atoms with Crippen LogP contribution < -0.4 is 5.32 Å². The molecule has 1 amide bonds. The van der Waals surface area contributed by atoms with Gasteiger partial charge in [-0.3, -0.25) is 9.69 Å². The van der Waals surface area contributed by atoms with Crippen molar-refractivity contribution in [2.45, 2.75) is 26.3 Å². The molecular weight excluding hydrogens is 376 g/mol. The Morgan fingerprint density at radius 2 is 1.96 bits per heavy atom. The summed E-state index contributed by atoms with van der Waals surface area (Å²) in [6, 6.07) is 13.3. The lowest BCUT2D eigenvalue weighted by molar-refractivity contribution is -0.121. The van der Waals surface area contributed by atoms with Crippen molar-refractivity contribution in [3.63, 3.8) is 0 Å². The number of esters is 1. The molecule has 0 aliphatic carbocycles. The summed E-state index contributed by atoms with van der Waals surface area (Å²) in [5.74, 6) is -0.647. The Labute approximate surface area is 170 Å². The Balaban J connectivity index is 1.62. The van der Waals surface area contributed by atoms with Crippen LogP contribution in [0.15, 0.2) is 42.5 Å². The van der Waals surface area contributed by atoms with E-state index in [0.717, 1.165) is 32.5 Å². The normalized spacial score (nSPS) is 17.2. The van der Waals surface area contributed by atoms with Crippen LogP contribution in [0.5, 0.6) is 0 Å². The highest BCUT2D eigenvalue weighted by Crippen LogP contribution is 2.24. The number of nitrogens with zero attached hydrogens (tertiary/aromatic N) is 1. The molecule has 1 saturated heterocycles. The lowest BCUT2D eigenvalue weighted by Crippen LogP contribution is -2.40. The number of carbonyl (C=O) groups excluding carboxylic acids is 2. The first kappa shape index (κ1) is 20.4. The molecule has 0 spiro atoms. The number of benzene rings is 2. The van der Waals surface area contributed by atoms with E-state index < -0.39 is 5.97 Å². The van der Waals surface area contributed by atoms with E-state index in [9.17, 15) is 9.59 Å². The summed E-state index contributed by atoms with van der Waals surface area (Å²) >= 11 is 6.04. The fourth-order valence-corrected chi connectivity index (χ4v) is 3.67. The number of halogens is 1. The van der Waals surface area contributed by atoms with Crippen molar-refractivity contribution in [1.82, 2.24) is 4.90 Å². The quantitative estimate of drug-likeness (QED) is 0.761. The van der Waals surface area contributed by atoms with E-state index in [0.29, 0.717) is 10.7 Å². The van der Waals surface area contributed by atoms with Crippen LogP contribution in [0.4, 0.5) is 5.69 Å². The lowest BCUT2D eigenvalue weighted by Gasteiger charge is -2.32. The van der Waals surface area contributed by atoms with Crippen LogP contribution in [0.3, 0.4) is 0 Å². The van der Waals surface area contributed by atoms with Gasteiger partial charge in [0.1, 0.15) is 0 Å². The van der Waals surface area contributed by atoms with Crippen LogP contribution in [0.1, 0.15) is 34.3 Å². The molecule has 0 saturated carbocycles. The number of anilines is 1. The molecular formula is C22H25ClN2O3. The maximum atomic E-state index is 12.8. The van der Waals surface area contributed by atoms with Crippen LogP contribution in [-0.2, 0) is 16.1 Å². The number of nitrogens with one attached hydrogen (secondary N) is 1. The summed E-state index contributed by atoms with van der Waals surface area (Å²) in [7, 11) is 1.30. The minimum Gasteiger partial charge on any atom is -0.465 e. The summed E-state index contributed by atoms with van der Waals surface area (Å²) in [5, 5.41) is 3.22. The van der Waals surface area contributed by atoms with E-state index in [-0.39, 0.29) is 17.4 Å². The first-order chi connectivity index (χ1) is 13.5. The lowest BCUT2D eigenvalue weighted by atomic mass is 9.96. The first-order valence-corrected chi connectivity index (χ1v) is 9.80. The Morgan fingerprint density at radius 3 is 2.68 bits per heavy atom. The van der Waals surface area contributed by atoms with Crippen LogP contribution in [0.2, 0.25) is 5.02 Å². The minimum atomic E-state index is -0.525. The van der Waals surface area contributed by atoms with Gasteiger partial charge in [0.15, 0.2) is 0 Å². The molecule has 3 rings (SSSR count). The largest absolute Gasteiger partial charge is 0.465 e. The number of amides is 1. The Kier molecular flexibility index (Phi) is 6.70. The topological polar surface area (TPSA) is 58.6 Å². The van der Waals surface area contributed by atoms with E-state index in [4.69, 9.17) is 16.3 Å². The monoisotopic (exact) mass is 400 g/mol. The van der Waals surface area contributed by atoms with Crippen molar-refractivity contribution >= 4 is 29.2 Å². The summed E-state index contributed by atoms with van der Waals surface area (Å²) in [5.41, 5.74) is 3.29. The van der Waals surface area contributed by atoms with Gasteiger partial charge >= 0.3 is 5.97 Å². The van der Waals surface area contributed by atoms with Gasteiger partial charge in [0.25, 0.3) is 0 Å². The predicted molar refractivity (Wildman–Crippen MR) is 111 cm³/mol. The second-order valence-electron chi connectivity index (χ2n) is 7.24. The average molecular weight is 401 g/mol. The van der Waals surface area contributed by atoms with Crippen LogP contribution in [0, 0.1) is 12.8 Å². The van der Waals surface area contributed by atoms with Crippen molar-refractivity contribution in [3.8, 4) is 0 Å². The predicted octanol–water partition coefficient (Wildman–Crippen LogP) is 4.29. The molecule has 0 aromatic heterocycles. The number of methoxy groups -OCH3 is 1. The fraction of sp³-hybridized carbons (Fsp3) is 0.364. The van der Waals surface area contributed by atoms with Crippen LogP contribution >= 0.6 is 11.6 Å². The zero-order valence-corrected chi connectivity index (χ0v) is 17.0. The molecule has 28 heavy (non-hydrogen) atoms. The summed E-state index contributed by atoms with van der Waals surface area (Å²) in [4.78, 5) is 26.9. The van der Waals surface area contributed by atoms with Gasteiger partial charge in [-0.2, -0.15) is 0 Å². The van der Waals surface area contributed by atoms with Crippen molar-refractivity contribution in [3.05, 3.63) is 64.2 Å². The number of aryl methyl sites for hydroxylation is 1. The van der Waals surface area contributed by atoms with Crippen molar-refractivity contribution in [2.75, 3.05) is 25.5 Å². The van der Waals surface area contributed by atoms with E-state index in [1.807, 2.05) is 0 Å². The zero-order valence-electron chi connectivity index (χ0n) is 16.2. The molecule has 148 valence electrons. The minimum absolute atomic E-state index is 0.0354. The standard InChI is InChI=1S/C22H25ClN2O3/c1-15-5-7-16(8-6-15)13-25-11-3-4-17(14-25)21(26)24-18-9-10-20(23)19(12-18)22(27)28-2/h5-10,12,17H,3-4,11,13-14H2,1-2H3,(H,24,26). The number of hydrogen-bond acceptors (Lipinski definition) is 4. The molecule has 1 heterocycles. The van der Waals surface area contributed by atoms with Crippen molar-refractivity contribution in [2.24, 2.45) is 5.92 Å². The average Bonchev–Trinajstić information content (AvgIpc) is 2.70. The SMILES string of the molecule is COC(=O)c1cc(NC(=O)C2CCCN(Cc3ccc(C)cc3)C2)ccc1Cl. The smallest absolute Gasteiger partial charge is 0.339 e. The number of ether oxygens (including phenoxy) is 1. The molecule has 1 unspecified atom stereocenters. The summed E-state index contributed by atoms with van der Waals surface area (Å²) in [6.45, 7) is 4.63. The van der Waals surface area contributed by atoms with Crippen molar-refractivity contribution in [1.29, 1.82) is 0 Å². The second-order valence-corrected chi connectivity index (χ2v) is 7.64. The Bertz CT molecular complexity index is 851. The third-order valence-electron chi connectivity index (χ3n) is 5.04. The van der Waals surface area contributed by atoms with Gasteiger partial charge in [-0.15, -0.1) is 0 Å². The maximum Gasteiger partial charge on any atom is 0.339 e. The molecule has 1 aliphatic rings. The molecule has 6 heteroatoms. The third kappa shape index (κ3) is 5.12. The molecule has 2 aromatic carbocycles. The van der Waals surface area contributed by atoms with Gasteiger partial charge in [-0.1, -0.05) is 41.4 Å². The highest BCUT2D eigenvalue weighted by Gasteiger charge is 2.26. The molecule has 0 bridgehead atoms. The van der Waals surface area contributed by atoms with Gasteiger partial charge in [-0.25, -0.2) is 4.79 Å². The summed E-state index contributed by atoms with van der Waals surface area (Å²) in [6.07, 6.45) is 1.84. The number of carbonyl (C=O) groups is 2. The molecule has 1 N–H and O–H groups in total. The Hall–Kier alpha value is -2.37. The van der Waals surface area contributed by atoms with E-state index in [1.54, 1.807) is 18.2 Å². The van der Waals surface area contributed by atoms with Crippen molar-refractivity contribution < 1.29 is 14.3 Å². The van der Waals surface area contributed by atoms with Gasteiger partial charge in [0.05, 0.1) is 23.6 Å². The molecule has 1 fully saturated rings. The van der Waals surface area contributed by atoms with E-state index >= 15 is 0 Å². The molecule has 2 aromatic rings. The second kappa shape index (κ2) is 9.22. The first-order valence-electron chi connectivity index (χ1n) is 9.43. The van der Waals surface area contributed by atoms with Gasteiger partial charge in [0.2, 0.25) is 5.91 Å². The molecule has 5 nitrogen and oxygen atoms in total. The Morgan fingerprint density at radius 1 is 1.21 bits per heavy atom. The summed E-state index contributed by atoms with van der Waals surface area (Å²) < 4.78 is 4.73. The van der Waals surface area contributed by atoms with E-state index in [1.165, 1.54) is 18.2 Å². The number of piperidine rings is 1. The van der Waals surface area contributed by atoms with Crippen LogP contribution in [-0.4, -0.2) is 37.0 Å². The molecule has 0 radical (unpaired) electrons. The van der Waals surface area contributed by atoms with Gasteiger partial charge in [0, 0.05) is 18.8 Å². The highest BCUT2D eigenvalue weighted by molar-refractivity contribution is 6.33. The maximum absolute atomic E-state index is 12.8. The van der Waals surface area contributed by atoms with Crippen LogP contribution in [0.25, 0.3) is 0 Å². The number of likely N-dealkylation sites (tertiary alicyclic amines) is 1. The fourth-order valence-electron chi connectivity index (χ4n) is 3.48. The van der Waals surface area contributed by atoms with Gasteiger partial charge in [-0.05, 0) is 50.1 Å².